The molecule has 4 aliphatic carbocycles. The van der Waals surface area contributed by atoms with Gasteiger partial charge in [0.25, 0.3) is 0 Å². The zero-order valence-electron chi connectivity index (χ0n) is 15.7. The maximum Gasteiger partial charge on any atom is 0.321 e. The molecule has 5 heteroatoms. The number of urea groups is 1. The fourth-order valence-electron chi connectivity index (χ4n) is 6.83. The van der Waals surface area contributed by atoms with Gasteiger partial charge in [0, 0.05) is 18.6 Å². The van der Waals surface area contributed by atoms with Crippen LogP contribution in [0.25, 0.3) is 0 Å². The standard InChI is InChI=1S/C20H33N3O2/c1-13-3-14(2)11-23(10-13)12-18(24)21-19(25)22-20-7-15-4-16(8-20)6-17(5-15)9-20/h13-17H,3-12H2,1-2H3,(H2,21,22,24,25)/t13-,14-,15?,16?,17?,20?/m0/s1. The van der Waals surface area contributed by atoms with Crippen molar-refractivity contribution < 1.29 is 9.59 Å². The Kier molecular flexibility index (Phi) is 4.55. The SMILES string of the molecule is C[C@H]1C[C@H](C)CN(CC(=O)NC(=O)NC23CC4CC(CC(C4)C2)C3)C1. The molecule has 140 valence electrons. The molecule has 5 aliphatic rings. The summed E-state index contributed by atoms with van der Waals surface area (Å²) in [7, 11) is 0. The quantitative estimate of drug-likeness (QED) is 0.825. The second kappa shape index (κ2) is 6.57. The van der Waals surface area contributed by atoms with Crippen LogP contribution >= 0.6 is 0 Å². The number of imide groups is 1. The number of likely N-dealkylation sites (tertiary alicyclic amines) is 1. The van der Waals surface area contributed by atoms with Crippen molar-refractivity contribution in [3.05, 3.63) is 0 Å². The van der Waals surface area contributed by atoms with Crippen molar-refractivity contribution in [3.63, 3.8) is 0 Å². The van der Waals surface area contributed by atoms with E-state index in [-0.39, 0.29) is 17.5 Å². The van der Waals surface area contributed by atoms with Gasteiger partial charge in [0.05, 0.1) is 6.54 Å². The zero-order valence-corrected chi connectivity index (χ0v) is 15.7. The van der Waals surface area contributed by atoms with Crippen LogP contribution in [0, 0.1) is 29.6 Å². The fraction of sp³-hybridized carbons (Fsp3) is 0.900. The lowest BCUT2D eigenvalue weighted by atomic mass is 9.53. The van der Waals surface area contributed by atoms with E-state index in [0.717, 1.165) is 50.1 Å². The first-order chi connectivity index (χ1) is 11.9. The van der Waals surface area contributed by atoms with Gasteiger partial charge in [-0.1, -0.05) is 13.8 Å². The Balaban J connectivity index is 1.28. The van der Waals surface area contributed by atoms with Gasteiger partial charge in [0.15, 0.2) is 0 Å². The van der Waals surface area contributed by atoms with E-state index in [1.54, 1.807) is 0 Å². The lowest BCUT2D eigenvalue weighted by molar-refractivity contribution is -0.121. The molecule has 0 radical (unpaired) electrons. The minimum atomic E-state index is -0.273. The number of carbonyl (C=O) groups excluding carboxylic acids is 2. The van der Waals surface area contributed by atoms with E-state index in [0.29, 0.717) is 18.4 Å². The number of amides is 3. The summed E-state index contributed by atoms with van der Waals surface area (Å²) in [5, 5.41) is 5.82. The Morgan fingerprint density at radius 3 is 1.96 bits per heavy atom. The third kappa shape index (κ3) is 3.86. The highest BCUT2D eigenvalue weighted by atomic mass is 16.2. The molecular weight excluding hydrogens is 314 g/mol. The predicted molar refractivity (Wildman–Crippen MR) is 97.0 cm³/mol. The first-order valence-corrected chi connectivity index (χ1v) is 10.2. The zero-order chi connectivity index (χ0) is 17.6. The van der Waals surface area contributed by atoms with E-state index >= 15 is 0 Å². The van der Waals surface area contributed by atoms with Crippen LogP contribution in [0.15, 0.2) is 0 Å². The van der Waals surface area contributed by atoms with Gasteiger partial charge in [-0.15, -0.1) is 0 Å². The number of hydrogen-bond acceptors (Lipinski definition) is 3. The molecule has 5 rings (SSSR count). The van der Waals surface area contributed by atoms with E-state index in [1.807, 2.05) is 0 Å². The van der Waals surface area contributed by atoms with Crippen molar-refractivity contribution in [2.24, 2.45) is 29.6 Å². The molecule has 2 atom stereocenters. The lowest BCUT2D eigenvalue weighted by Gasteiger charge is -2.56. The average Bonchev–Trinajstić information content (AvgIpc) is 2.42. The van der Waals surface area contributed by atoms with Crippen LogP contribution in [0.3, 0.4) is 0 Å². The summed E-state index contributed by atoms with van der Waals surface area (Å²) in [6.07, 6.45) is 8.63. The van der Waals surface area contributed by atoms with Crippen molar-refractivity contribution in [1.29, 1.82) is 0 Å². The molecule has 1 heterocycles. The number of nitrogens with one attached hydrogen (secondary N) is 2. The van der Waals surface area contributed by atoms with E-state index in [4.69, 9.17) is 0 Å². The lowest BCUT2D eigenvalue weighted by Crippen LogP contribution is -2.62. The minimum Gasteiger partial charge on any atom is -0.332 e. The van der Waals surface area contributed by atoms with Crippen molar-refractivity contribution in [1.82, 2.24) is 15.5 Å². The number of piperidine rings is 1. The minimum absolute atomic E-state index is 0.0345. The smallest absolute Gasteiger partial charge is 0.321 e. The molecule has 2 N–H and O–H groups in total. The molecule has 4 saturated carbocycles. The molecule has 0 spiro atoms. The van der Waals surface area contributed by atoms with E-state index < -0.39 is 0 Å². The summed E-state index contributed by atoms with van der Waals surface area (Å²) < 4.78 is 0. The summed E-state index contributed by atoms with van der Waals surface area (Å²) in [6.45, 7) is 6.71. The molecule has 0 aromatic heterocycles. The first-order valence-electron chi connectivity index (χ1n) is 10.2. The normalized spacial score (nSPS) is 43.0. The summed E-state index contributed by atoms with van der Waals surface area (Å²) in [6, 6.07) is -0.273. The highest BCUT2D eigenvalue weighted by Gasteiger charge is 2.51. The van der Waals surface area contributed by atoms with Gasteiger partial charge in [0.1, 0.15) is 0 Å². The molecular formula is C20H33N3O2. The van der Waals surface area contributed by atoms with Crippen LogP contribution < -0.4 is 10.6 Å². The molecule has 25 heavy (non-hydrogen) atoms. The van der Waals surface area contributed by atoms with Crippen LogP contribution in [0.1, 0.15) is 58.8 Å². The number of rotatable bonds is 3. The molecule has 0 unspecified atom stereocenters. The van der Waals surface area contributed by atoms with Gasteiger partial charge < -0.3 is 5.32 Å². The van der Waals surface area contributed by atoms with Crippen molar-refractivity contribution in [2.45, 2.75) is 64.3 Å². The number of carbonyl (C=O) groups is 2. The van der Waals surface area contributed by atoms with Crippen LogP contribution in [0.2, 0.25) is 0 Å². The number of hydrogen-bond donors (Lipinski definition) is 2. The Morgan fingerprint density at radius 2 is 1.44 bits per heavy atom. The Hall–Kier alpha value is -1.10. The highest BCUT2D eigenvalue weighted by molar-refractivity contribution is 5.95. The van der Waals surface area contributed by atoms with Gasteiger partial charge in [0.2, 0.25) is 5.91 Å². The highest BCUT2D eigenvalue weighted by Crippen LogP contribution is 2.55. The van der Waals surface area contributed by atoms with Gasteiger partial charge in [-0.25, -0.2) is 4.79 Å². The van der Waals surface area contributed by atoms with Crippen LogP contribution in [-0.2, 0) is 4.79 Å². The second-order valence-electron chi connectivity index (χ2n) is 9.84. The van der Waals surface area contributed by atoms with Gasteiger partial charge in [-0.05, 0) is 74.5 Å². The van der Waals surface area contributed by atoms with Crippen LogP contribution in [0.4, 0.5) is 4.79 Å². The maximum absolute atomic E-state index is 12.4. The van der Waals surface area contributed by atoms with Crippen LogP contribution in [0.5, 0.6) is 0 Å². The molecule has 0 aromatic rings. The summed E-state index contributed by atoms with van der Waals surface area (Å²) in [5.74, 6) is 3.45. The molecule has 5 nitrogen and oxygen atoms in total. The fourth-order valence-corrected chi connectivity index (χ4v) is 6.83. The van der Waals surface area contributed by atoms with Gasteiger partial charge in [-0.3, -0.25) is 15.0 Å². The Labute approximate surface area is 151 Å². The Morgan fingerprint density at radius 1 is 0.920 bits per heavy atom. The van der Waals surface area contributed by atoms with E-state index in [9.17, 15) is 9.59 Å². The van der Waals surface area contributed by atoms with Gasteiger partial charge >= 0.3 is 6.03 Å². The van der Waals surface area contributed by atoms with Crippen molar-refractivity contribution >= 4 is 11.9 Å². The topological polar surface area (TPSA) is 61.4 Å². The monoisotopic (exact) mass is 347 g/mol. The van der Waals surface area contributed by atoms with Crippen molar-refractivity contribution in [3.8, 4) is 0 Å². The third-order valence-corrected chi connectivity index (χ3v) is 6.98. The Bertz CT molecular complexity index is 502. The summed E-state index contributed by atoms with van der Waals surface area (Å²) in [4.78, 5) is 26.9. The van der Waals surface area contributed by atoms with E-state index in [1.165, 1.54) is 25.7 Å². The van der Waals surface area contributed by atoms with Gasteiger partial charge in [-0.2, -0.15) is 0 Å². The molecule has 4 bridgehead atoms. The summed E-state index contributed by atoms with van der Waals surface area (Å²) in [5.41, 5.74) is -0.0345. The molecule has 1 aliphatic heterocycles. The molecule has 5 fully saturated rings. The largest absolute Gasteiger partial charge is 0.332 e. The van der Waals surface area contributed by atoms with Crippen LogP contribution in [-0.4, -0.2) is 42.0 Å². The van der Waals surface area contributed by atoms with E-state index in [2.05, 4.69) is 29.4 Å². The number of nitrogens with zero attached hydrogens (tertiary/aromatic N) is 1. The molecule has 1 saturated heterocycles. The molecule has 0 aromatic carbocycles. The maximum atomic E-state index is 12.4. The average molecular weight is 348 g/mol. The first kappa shape index (κ1) is 17.3. The molecule has 3 amide bonds. The predicted octanol–water partition coefficient (Wildman–Crippen LogP) is 2.76. The van der Waals surface area contributed by atoms with Crippen molar-refractivity contribution in [2.75, 3.05) is 19.6 Å². The summed E-state index contributed by atoms with van der Waals surface area (Å²) >= 11 is 0. The second-order valence-corrected chi connectivity index (χ2v) is 9.84. The third-order valence-electron chi connectivity index (χ3n) is 6.98.